The monoisotopic (exact) mass is 500 g/mol. The summed E-state index contributed by atoms with van der Waals surface area (Å²) in [4.78, 5) is 30.3. The predicted octanol–water partition coefficient (Wildman–Crippen LogP) is 5.47. The molecule has 0 aliphatic heterocycles. The maximum absolute atomic E-state index is 13.0. The number of halogens is 3. The zero-order valence-corrected chi connectivity index (χ0v) is 19.4. The molecule has 0 bridgehead atoms. The fourth-order valence-corrected chi connectivity index (χ4v) is 3.91. The largest absolute Gasteiger partial charge is 0.467 e. The van der Waals surface area contributed by atoms with E-state index in [-0.39, 0.29) is 17.9 Å². The molecule has 0 radical (unpaired) electrons. The number of hydrogen-bond acceptors (Lipinski definition) is 6. The number of nitrogens with zero attached hydrogens (tertiary/aromatic N) is 2. The summed E-state index contributed by atoms with van der Waals surface area (Å²) in [7, 11) is 1.21. The average molecular weight is 500 g/mol. The number of anilines is 2. The Morgan fingerprint density at radius 3 is 2.56 bits per heavy atom. The Morgan fingerprint density at radius 2 is 1.92 bits per heavy atom. The third-order valence-corrected chi connectivity index (χ3v) is 5.40. The second-order valence-electron chi connectivity index (χ2n) is 8.16. The molecule has 8 nitrogen and oxygen atoms in total. The molecule has 1 unspecified atom stereocenters. The third-order valence-electron chi connectivity index (χ3n) is 5.40. The van der Waals surface area contributed by atoms with Crippen LogP contribution < -0.4 is 10.6 Å². The number of pyridine rings is 1. The summed E-state index contributed by atoms with van der Waals surface area (Å²) in [5.74, 6) is -0.703. The number of hydrogen-bond donors (Lipinski definition) is 2. The van der Waals surface area contributed by atoms with E-state index in [4.69, 9.17) is 9.15 Å². The first-order chi connectivity index (χ1) is 17.2. The first-order valence-corrected chi connectivity index (χ1v) is 11.0. The molecule has 1 atom stereocenters. The van der Waals surface area contributed by atoms with Crippen molar-refractivity contribution in [2.45, 2.75) is 32.1 Å². The molecule has 0 aliphatic rings. The van der Waals surface area contributed by atoms with Crippen LogP contribution in [0.4, 0.5) is 24.5 Å². The molecular formula is C25H23F3N4O4. The van der Waals surface area contributed by atoms with Gasteiger partial charge in [-0.1, -0.05) is 18.2 Å². The number of aromatic nitrogens is 2. The van der Waals surface area contributed by atoms with Crippen LogP contribution in [-0.2, 0) is 11.3 Å². The number of furan rings is 1. The van der Waals surface area contributed by atoms with E-state index in [1.54, 1.807) is 48.5 Å². The molecule has 0 aliphatic carbocycles. The number of amides is 1. The van der Waals surface area contributed by atoms with Gasteiger partial charge < -0.3 is 24.4 Å². The van der Waals surface area contributed by atoms with Gasteiger partial charge in [0.25, 0.3) is 5.91 Å². The van der Waals surface area contributed by atoms with Crippen LogP contribution in [0, 0.1) is 0 Å². The van der Waals surface area contributed by atoms with Crippen LogP contribution >= 0.6 is 0 Å². The highest BCUT2D eigenvalue weighted by molar-refractivity contribution is 6.14. The van der Waals surface area contributed by atoms with Crippen molar-refractivity contribution < 1.29 is 31.9 Å². The highest BCUT2D eigenvalue weighted by Crippen LogP contribution is 2.34. The van der Waals surface area contributed by atoms with Gasteiger partial charge in [0.2, 0.25) is 0 Å². The van der Waals surface area contributed by atoms with E-state index in [1.165, 1.54) is 31.1 Å². The number of esters is 1. The lowest BCUT2D eigenvalue weighted by Crippen LogP contribution is -2.23. The van der Waals surface area contributed by atoms with Gasteiger partial charge in [0.15, 0.2) is 5.69 Å². The molecule has 0 spiro atoms. The number of methoxy groups -OCH3 is 1. The summed E-state index contributed by atoms with van der Waals surface area (Å²) in [6, 6.07) is 12.4. The number of carbonyl (C=O) groups is 2. The van der Waals surface area contributed by atoms with Crippen molar-refractivity contribution in [3.8, 4) is 0 Å². The molecule has 4 rings (SSSR count). The third kappa shape index (κ3) is 5.51. The van der Waals surface area contributed by atoms with Crippen molar-refractivity contribution in [1.82, 2.24) is 9.55 Å². The number of alkyl halides is 3. The van der Waals surface area contributed by atoms with E-state index in [9.17, 15) is 22.8 Å². The van der Waals surface area contributed by atoms with Crippen LogP contribution in [0.5, 0.6) is 0 Å². The maximum Gasteiger partial charge on any atom is 0.391 e. The Hall–Kier alpha value is -4.28. The van der Waals surface area contributed by atoms with Crippen LogP contribution in [0.25, 0.3) is 11.0 Å². The van der Waals surface area contributed by atoms with E-state index < -0.39 is 30.5 Å². The van der Waals surface area contributed by atoms with E-state index in [1.807, 2.05) is 0 Å². The van der Waals surface area contributed by atoms with Gasteiger partial charge in [-0.2, -0.15) is 13.2 Å². The van der Waals surface area contributed by atoms with Crippen molar-refractivity contribution in [2.24, 2.45) is 0 Å². The Kier molecular flexibility index (Phi) is 7.00. The van der Waals surface area contributed by atoms with Crippen LogP contribution in [0.3, 0.4) is 0 Å². The normalized spacial score (nSPS) is 12.4. The summed E-state index contributed by atoms with van der Waals surface area (Å²) >= 11 is 0. The lowest BCUT2D eigenvalue weighted by molar-refractivity contribution is -0.136. The van der Waals surface area contributed by atoms with Gasteiger partial charge in [0, 0.05) is 17.0 Å². The van der Waals surface area contributed by atoms with Gasteiger partial charge in [-0.25, -0.2) is 9.78 Å². The van der Waals surface area contributed by atoms with Crippen molar-refractivity contribution >= 4 is 34.3 Å². The number of carbonyl (C=O) groups excluding carboxylic acids is 2. The number of fused-ring (bicyclic) bond motifs is 1. The Bertz CT molecular complexity index is 1370. The first-order valence-electron chi connectivity index (χ1n) is 11.0. The lowest BCUT2D eigenvalue weighted by Gasteiger charge is -2.17. The molecule has 36 heavy (non-hydrogen) atoms. The minimum absolute atomic E-state index is 0.0150. The Morgan fingerprint density at radius 1 is 1.17 bits per heavy atom. The summed E-state index contributed by atoms with van der Waals surface area (Å²) in [6.07, 6.45) is -2.54. The minimum atomic E-state index is -4.34. The Balaban J connectivity index is 1.83. The van der Waals surface area contributed by atoms with Gasteiger partial charge in [0.1, 0.15) is 11.4 Å². The van der Waals surface area contributed by atoms with Crippen LogP contribution in [0.15, 0.2) is 65.4 Å². The molecule has 1 amide bonds. The average Bonchev–Trinajstić information content (AvgIpc) is 3.44. The number of rotatable bonds is 8. The second-order valence-corrected chi connectivity index (χ2v) is 8.16. The SMILES string of the molecule is COC(=O)c1c(NC(=O)c2ccccc2)c2cc(NC(C)CC(F)(F)F)cnc2n1Cc1ccco1. The van der Waals surface area contributed by atoms with Crippen molar-refractivity contribution in [1.29, 1.82) is 0 Å². The summed E-state index contributed by atoms with van der Waals surface area (Å²) in [5.41, 5.74) is 1.09. The van der Waals surface area contributed by atoms with Crippen molar-refractivity contribution in [3.63, 3.8) is 0 Å². The Labute approximate surface area is 204 Å². The van der Waals surface area contributed by atoms with E-state index in [0.29, 0.717) is 28.0 Å². The molecule has 0 saturated carbocycles. The van der Waals surface area contributed by atoms with E-state index in [2.05, 4.69) is 15.6 Å². The molecule has 11 heteroatoms. The topological polar surface area (TPSA) is 98.4 Å². The van der Waals surface area contributed by atoms with Crippen LogP contribution in [-0.4, -0.2) is 40.8 Å². The first kappa shape index (κ1) is 24.8. The predicted molar refractivity (Wildman–Crippen MR) is 127 cm³/mol. The zero-order valence-electron chi connectivity index (χ0n) is 19.4. The molecular weight excluding hydrogens is 477 g/mol. The highest BCUT2D eigenvalue weighted by atomic mass is 19.4. The lowest BCUT2D eigenvalue weighted by atomic mass is 10.2. The summed E-state index contributed by atoms with van der Waals surface area (Å²) in [6.45, 7) is 1.50. The quantitative estimate of drug-likeness (QED) is 0.312. The van der Waals surface area contributed by atoms with Crippen LogP contribution in [0.2, 0.25) is 0 Å². The van der Waals surface area contributed by atoms with Crippen LogP contribution in [0.1, 0.15) is 40.0 Å². The van der Waals surface area contributed by atoms with Crippen molar-refractivity contribution in [2.75, 3.05) is 17.7 Å². The van der Waals surface area contributed by atoms with Crippen molar-refractivity contribution in [3.05, 3.63) is 78.0 Å². The molecule has 2 N–H and O–H groups in total. The van der Waals surface area contributed by atoms with E-state index in [0.717, 1.165) is 0 Å². The summed E-state index contributed by atoms with van der Waals surface area (Å²) in [5, 5.41) is 5.89. The number of benzene rings is 1. The highest BCUT2D eigenvalue weighted by Gasteiger charge is 2.31. The molecule has 4 aromatic rings. The van der Waals surface area contributed by atoms with Gasteiger partial charge >= 0.3 is 12.1 Å². The fourth-order valence-electron chi connectivity index (χ4n) is 3.91. The molecule has 3 heterocycles. The maximum atomic E-state index is 13.0. The number of ether oxygens (including phenoxy) is 1. The van der Waals surface area contributed by atoms with E-state index >= 15 is 0 Å². The molecule has 188 valence electrons. The zero-order chi connectivity index (χ0) is 25.9. The summed E-state index contributed by atoms with van der Waals surface area (Å²) < 4.78 is 50.4. The molecule has 3 aromatic heterocycles. The smallest absolute Gasteiger partial charge is 0.391 e. The fraction of sp³-hybridized carbons (Fsp3) is 0.240. The van der Waals surface area contributed by atoms with Gasteiger partial charge in [-0.15, -0.1) is 0 Å². The minimum Gasteiger partial charge on any atom is -0.467 e. The standard InChI is InChI=1S/C25H23F3N4O4/c1-15(12-25(26,27)28)30-17-11-19-20(31-23(33)16-7-4-3-5-8-16)21(24(34)35-2)32(22(19)29-13-17)14-18-9-6-10-36-18/h3-11,13,15,30H,12,14H2,1-2H3,(H,31,33). The number of nitrogens with one attached hydrogen (secondary N) is 2. The molecule has 0 fully saturated rings. The molecule has 0 saturated heterocycles. The van der Waals surface area contributed by atoms with Gasteiger partial charge in [-0.05, 0) is 37.3 Å². The second kappa shape index (κ2) is 10.1. The molecule has 1 aromatic carbocycles. The van der Waals surface area contributed by atoms with Gasteiger partial charge in [0.05, 0.1) is 43.9 Å². The van der Waals surface area contributed by atoms with Gasteiger partial charge in [-0.3, -0.25) is 4.79 Å².